The van der Waals surface area contributed by atoms with Crippen LogP contribution in [0.2, 0.25) is 0 Å². The summed E-state index contributed by atoms with van der Waals surface area (Å²) in [6.07, 6.45) is 4.66. The third-order valence-corrected chi connectivity index (χ3v) is 5.18. The lowest BCUT2D eigenvalue weighted by molar-refractivity contribution is -0.139. The van der Waals surface area contributed by atoms with E-state index in [1.54, 1.807) is 0 Å². The van der Waals surface area contributed by atoms with Crippen molar-refractivity contribution < 1.29 is 14.7 Å². The van der Waals surface area contributed by atoms with Crippen LogP contribution in [0, 0.1) is 11.3 Å². The second-order valence-electron chi connectivity index (χ2n) is 7.76. The van der Waals surface area contributed by atoms with Crippen molar-refractivity contribution in [3.05, 3.63) is 0 Å². The number of piperidine rings is 1. The molecule has 2 amide bonds. The van der Waals surface area contributed by atoms with Gasteiger partial charge in [0.1, 0.15) is 0 Å². The molecule has 2 fully saturated rings. The number of hydrogen-bond acceptors (Lipinski definition) is 2. The highest BCUT2D eigenvalue weighted by atomic mass is 16.4. The molecule has 0 aromatic carbocycles. The van der Waals surface area contributed by atoms with E-state index in [-0.39, 0.29) is 12.5 Å². The standard InChI is InChI=1S/C16H28N2O3/c1-15(2,3)12-5-9-18(10-6-12)14(21)17-16(7-4-8-16)11-13(19)20/h12H,4-11H2,1-3H3,(H,17,21)(H,19,20). The van der Waals surface area contributed by atoms with Gasteiger partial charge in [-0.1, -0.05) is 20.8 Å². The molecule has 2 N–H and O–H groups in total. The third-order valence-electron chi connectivity index (χ3n) is 5.18. The molecular weight excluding hydrogens is 268 g/mol. The average Bonchev–Trinajstić information content (AvgIpc) is 2.34. The first kappa shape index (κ1) is 16.1. The number of hydrogen-bond donors (Lipinski definition) is 2. The summed E-state index contributed by atoms with van der Waals surface area (Å²) in [6.45, 7) is 8.31. The molecule has 0 unspecified atom stereocenters. The van der Waals surface area contributed by atoms with E-state index in [4.69, 9.17) is 5.11 Å². The fourth-order valence-corrected chi connectivity index (χ4v) is 3.49. The van der Waals surface area contributed by atoms with Crippen LogP contribution in [0.1, 0.15) is 59.3 Å². The fraction of sp³-hybridized carbons (Fsp3) is 0.875. The summed E-state index contributed by atoms with van der Waals surface area (Å²) in [4.78, 5) is 25.2. The lowest BCUT2D eigenvalue weighted by Gasteiger charge is -2.44. The largest absolute Gasteiger partial charge is 0.481 e. The smallest absolute Gasteiger partial charge is 0.317 e. The van der Waals surface area contributed by atoms with Gasteiger partial charge in [0, 0.05) is 13.1 Å². The summed E-state index contributed by atoms with van der Waals surface area (Å²) in [6, 6.07) is -0.0803. The van der Waals surface area contributed by atoms with E-state index in [0.717, 1.165) is 45.2 Å². The maximum absolute atomic E-state index is 12.4. The Labute approximate surface area is 127 Å². The minimum absolute atomic E-state index is 0.0389. The van der Waals surface area contributed by atoms with Crippen LogP contribution in [0.4, 0.5) is 4.79 Å². The van der Waals surface area contributed by atoms with Gasteiger partial charge in [-0.3, -0.25) is 4.79 Å². The Morgan fingerprint density at radius 1 is 1.24 bits per heavy atom. The van der Waals surface area contributed by atoms with Crippen LogP contribution in [0.25, 0.3) is 0 Å². The number of likely N-dealkylation sites (tertiary alicyclic amines) is 1. The molecule has 1 saturated heterocycles. The Balaban J connectivity index is 1.86. The lowest BCUT2D eigenvalue weighted by Crippen LogP contribution is -2.59. The molecule has 2 rings (SSSR count). The Bertz CT molecular complexity index is 402. The molecule has 21 heavy (non-hydrogen) atoms. The summed E-state index contributed by atoms with van der Waals surface area (Å²) in [5, 5.41) is 12.0. The number of amides is 2. The highest BCUT2D eigenvalue weighted by molar-refractivity contribution is 5.77. The Morgan fingerprint density at radius 2 is 1.81 bits per heavy atom. The second kappa shape index (κ2) is 5.85. The Hall–Kier alpha value is -1.26. The van der Waals surface area contributed by atoms with E-state index in [0.29, 0.717) is 11.3 Å². The van der Waals surface area contributed by atoms with Gasteiger partial charge in [-0.25, -0.2) is 4.79 Å². The predicted octanol–water partition coefficient (Wildman–Crippen LogP) is 2.85. The van der Waals surface area contributed by atoms with E-state index in [9.17, 15) is 9.59 Å². The molecule has 0 aromatic heterocycles. The number of carbonyl (C=O) groups is 2. The van der Waals surface area contributed by atoms with E-state index < -0.39 is 11.5 Å². The number of nitrogens with one attached hydrogen (secondary N) is 1. The molecular formula is C16H28N2O3. The van der Waals surface area contributed by atoms with Crippen molar-refractivity contribution in [3.63, 3.8) is 0 Å². The van der Waals surface area contributed by atoms with Gasteiger partial charge in [-0.05, 0) is 43.4 Å². The number of urea groups is 1. The van der Waals surface area contributed by atoms with E-state index >= 15 is 0 Å². The normalized spacial score (nSPS) is 22.5. The molecule has 0 spiro atoms. The highest BCUT2D eigenvalue weighted by Crippen LogP contribution is 2.36. The molecule has 0 aromatic rings. The molecule has 0 bridgehead atoms. The second-order valence-corrected chi connectivity index (χ2v) is 7.76. The molecule has 1 aliphatic heterocycles. The first-order valence-electron chi connectivity index (χ1n) is 8.01. The van der Waals surface area contributed by atoms with Crippen LogP contribution in [0.15, 0.2) is 0 Å². The summed E-state index contributed by atoms with van der Waals surface area (Å²) in [7, 11) is 0. The maximum Gasteiger partial charge on any atom is 0.317 e. The quantitative estimate of drug-likeness (QED) is 0.841. The van der Waals surface area contributed by atoms with Crippen molar-refractivity contribution in [2.75, 3.05) is 13.1 Å². The van der Waals surface area contributed by atoms with Crippen molar-refractivity contribution in [2.24, 2.45) is 11.3 Å². The fourth-order valence-electron chi connectivity index (χ4n) is 3.49. The van der Waals surface area contributed by atoms with Crippen molar-refractivity contribution in [3.8, 4) is 0 Å². The van der Waals surface area contributed by atoms with Gasteiger partial charge in [0.05, 0.1) is 12.0 Å². The summed E-state index contributed by atoms with van der Waals surface area (Å²) < 4.78 is 0. The van der Waals surface area contributed by atoms with Crippen molar-refractivity contribution in [1.29, 1.82) is 0 Å². The van der Waals surface area contributed by atoms with Crippen LogP contribution in [0.5, 0.6) is 0 Å². The number of carboxylic acids is 1. The number of rotatable bonds is 3. The van der Waals surface area contributed by atoms with E-state index in [1.165, 1.54) is 0 Å². The van der Waals surface area contributed by atoms with Gasteiger partial charge in [0.2, 0.25) is 0 Å². The first-order valence-corrected chi connectivity index (χ1v) is 8.01. The number of carbonyl (C=O) groups excluding carboxylic acids is 1. The van der Waals surface area contributed by atoms with Gasteiger partial charge in [0.15, 0.2) is 0 Å². The SMILES string of the molecule is CC(C)(C)C1CCN(C(=O)NC2(CC(=O)O)CCC2)CC1. The van der Waals surface area contributed by atoms with Crippen molar-refractivity contribution >= 4 is 12.0 Å². The van der Waals surface area contributed by atoms with Gasteiger partial charge < -0.3 is 15.3 Å². The van der Waals surface area contributed by atoms with Gasteiger partial charge in [-0.15, -0.1) is 0 Å². The molecule has 1 saturated carbocycles. The van der Waals surface area contributed by atoms with Crippen LogP contribution < -0.4 is 5.32 Å². The number of aliphatic carboxylic acids is 1. The molecule has 1 aliphatic carbocycles. The molecule has 0 atom stereocenters. The predicted molar refractivity (Wildman–Crippen MR) is 81.1 cm³/mol. The molecule has 1 heterocycles. The summed E-state index contributed by atoms with van der Waals surface area (Å²) >= 11 is 0. The zero-order chi connectivity index (χ0) is 15.7. The maximum atomic E-state index is 12.4. The van der Waals surface area contributed by atoms with Crippen LogP contribution in [-0.2, 0) is 4.79 Å². The van der Waals surface area contributed by atoms with Crippen LogP contribution in [0.3, 0.4) is 0 Å². The Morgan fingerprint density at radius 3 is 2.19 bits per heavy atom. The first-order chi connectivity index (χ1) is 9.72. The van der Waals surface area contributed by atoms with Crippen LogP contribution >= 0.6 is 0 Å². The van der Waals surface area contributed by atoms with Crippen molar-refractivity contribution in [1.82, 2.24) is 10.2 Å². The molecule has 2 aliphatic rings. The van der Waals surface area contributed by atoms with Gasteiger partial charge in [-0.2, -0.15) is 0 Å². The average molecular weight is 296 g/mol. The minimum atomic E-state index is -0.832. The third kappa shape index (κ3) is 3.89. The molecule has 0 radical (unpaired) electrons. The van der Waals surface area contributed by atoms with Gasteiger partial charge in [0.25, 0.3) is 0 Å². The highest BCUT2D eigenvalue weighted by Gasteiger charge is 2.41. The van der Waals surface area contributed by atoms with Crippen molar-refractivity contribution in [2.45, 2.75) is 64.8 Å². The summed E-state index contributed by atoms with van der Waals surface area (Å²) in [5.74, 6) is -0.181. The molecule has 5 nitrogen and oxygen atoms in total. The molecule has 120 valence electrons. The number of carboxylic acid groups (broad SMARTS) is 1. The van der Waals surface area contributed by atoms with Crippen LogP contribution in [-0.4, -0.2) is 40.6 Å². The molecule has 5 heteroatoms. The topological polar surface area (TPSA) is 69.6 Å². The lowest BCUT2D eigenvalue weighted by atomic mass is 9.74. The van der Waals surface area contributed by atoms with E-state index in [2.05, 4.69) is 26.1 Å². The zero-order valence-electron chi connectivity index (χ0n) is 13.4. The Kier molecular flexibility index (Phi) is 4.49. The number of nitrogens with zero attached hydrogens (tertiary/aromatic N) is 1. The monoisotopic (exact) mass is 296 g/mol. The van der Waals surface area contributed by atoms with Gasteiger partial charge >= 0.3 is 12.0 Å². The van der Waals surface area contributed by atoms with E-state index in [1.807, 2.05) is 4.90 Å². The minimum Gasteiger partial charge on any atom is -0.481 e. The zero-order valence-corrected chi connectivity index (χ0v) is 13.4. The summed E-state index contributed by atoms with van der Waals surface area (Å²) in [5.41, 5.74) is -0.204.